The van der Waals surface area contributed by atoms with Gasteiger partial charge in [0.1, 0.15) is 11.8 Å². The smallest absolute Gasteiger partial charge is 0.139 e. The van der Waals surface area contributed by atoms with Crippen molar-refractivity contribution in [3.8, 4) is 11.8 Å². The number of rotatable bonds is 4. The second kappa shape index (κ2) is 5.29. The molecule has 0 saturated carbocycles. The van der Waals surface area contributed by atoms with E-state index in [1.807, 2.05) is 19.1 Å². The van der Waals surface area contributed by atoms with Gasteiger partial charge < -0.3 is 4.74 Å². The van der Waals surface area contributed by atoms with Crippen molar-refractivity contribution in [2.75, 3.05) is 6.61 Å². The highest BCUT2D eigenvalue weighted by Crippen LogP contribution is 2.22. The van der Waals surface area contributed by atoms with Gasteiger partial charge in [0.05, 0.1) is 12.2 Å². The lowest BCUT2D eigenvalue weighted by Crippen LogP contribution is -2.00. The van der Waals surface area contributed by atoms with Crippen LogP contribution < -0.4 is 4.74 Å². The van der Waals surface area contributed by atoms with Gasteiger partial charge in [0.15, 0.2) is 0 Å². The molecule has 0 N–H and O–H groups in total. The maximum absolute atomic E-state index is 8.87. The quantitative estimate of drug-likeness (QED) is 0.682. The molecule has 0 bridgehead atoms. The van der Waals surface area contributed by atoms with Gasteiger partial charge in [-0.2, -0.15) is 5.26 Å². The largest absolute Gasteiger partial charge is 0.492 e. The first kappa shape index (κ1) is 10.6. The Morgan fingerprint density at radius 2 is 2.21 bits per heavy atom. The number of benzene rings is 1. The summed E-state index contributed by atoms with van der Waals surface area (Å²) in [6, 6.07) is 7.76. The van der Waals surface area contributed by atoms with Crippen molar-refractivity contribution in [1.29, 1.82) is 5.26 Å². The van der Waals surface area contributed by atoms with E-state index in [9.17, 15) is 0 Å². The zero-order valence-corrected chi connectivity index (χ0v) is 8.71. The van der Waals surface area contributed by atoms with Crippen LogP contribution in [0.5, 0.6) is 5.75 Å². The van der Waals surface area contributed by atoms with Gasteiger partial charge in [-0.25, -0.2) is 0 Å². The number of aryl methyl sites for hydroxylation is 1. The number of unbranched alkanes of at least 4 members (excludes halogenated alkanes) is 1. The second-order valence-corrected chi connectivity index (χ2v) is 3.27. The normalized spacial score (nSPS) is 9.50. The predicted octanol–water partition coefficient (Wildman–Crippen LogP) is 3.05. The van der Waals surface area contributed by atoms with E-state index in [1.54, 1.807) is 6.07 Å². The molecule has 0 aromatic heterocycles. The number of para-hydroxylation sites is 1. The summed E-state index contributed by atoms with van der Waals surface area (Å²) >= 11 is 0. The van der Waals surface area contributed by atoms with Gasteiger partial charge >= 0.3 is 0 Å². The number of nitriles is 1. The summed E-state index contributed by atoms with van der Waals surface area (Å²) in [6.45, 7) is 4.77. The van der Waals surface area contributed by atoms with Crippen LogP contribution in [0.3, 0.4) is 0 Å². The maximum atomic E-state index is 8.87. The highest BCUT2D eigenvalue weighted by Gasteiger charge is 2.05. The molecular weight excluding hydrogens is 174 g/mol. The summed E-state index contributed by atoms with van der Waals surface area (Å²) in [4.78, 5) is 0. The molecule has 1 aromatic carbocycles. The molecule has 0 amide bonds. The summed E-state index contributed by atoms with van der Waals surface area (Å²) in [6.07, 6.45) is 2.13. The van der Waals surface area contributed by atoms with Crippen LogP contribution >= 0.6 is 0 Å². The van der Waals surface area contributed by atoms with E-state index in [1.165, 1.54) is 0 Å². The van der Waals surface area contributed by atoms with Gasteiger partial charge in [-0.05, 0) is 25.0 Å². The summed E-state index contributed by atoms with van der Waals surface area (Å²) < 4.78 is 5.58. The third-order valence-corrected chi connectivity index (χ3v) is 2.08. The SMILES string of the molecule is CCCCOc1c(C)cccc1C#N. The highest BCUT2D eigenvalue weighted by molar-refractivity contribution is 5.47. The van der Waals surface area contributed by atoms with Crippen molar-refractivity contribution in [3.63, 3.8) is 0 Å². The van der Waals surface area contributed by atoms with Crippen LogP contribution in [0.1, 0.15) is 30.9 Å². The summed E-state index contributed by atoms with van der Waals surface area (Å²) in [7, 11) is 0. The zero-order valence-electron chi connectivity index (χ0n) is 8.71. The molecule has 0 fully saturated rings. The molecule has 0 aliphatic rings. The number of ether oxygens (including phenoxy) is 1. The molecule has 0 saturated heterocycles. The molecule has 1 rings (SSSR count). The Kier molecular flexibility index (Phi) is 4.00. The van der Waals surface area contributed by atoms with Gasteiger partial charge in [0.25, 0.3) is 0 Å². The Hall–Kier alpha value is -1.49. The zero-order chi connectivity index (χ0) is 10.4. The molecule has 1 aromatic rings. The van der Waals surface area contributed by atoms with Gasteiger partial charge in [0.2, 0.25) is 0 Å². The first-order chi connectivity index (χ1) is 6.79. The van der Waals surface area contributed by atoms with Crippen molar-refractivity contribution >= 4 is 0 Å². The summed E-state index contributed by atoms with van der Waals surface area (Å²) in [5.74, 6) is 0.739. The van der Waals surface area contributed by atoms with E-state index in [0.29, 0.717) is 12.2 Å². The Labute approximate surface area is 85.1 Å². The van der Waals surface area contributed by atoms with Crippen molar-refractivity contribution < 1.29 is 4.74 Å². The molecule has 0 radical (unpaired) electrons. The van der Waals surface area contributed by atoms with Crippen molar-refractivity contribution in [2.24, 2.45) is 0 Å². The molecule has 0 aliphatic carbocycles. The average Bonchev–Trinajstić information content (AvgIpc) is 2.20. The monoisotopic (exact) mass is 189 g/mol. The van der Waals surface area contributed by atoms with Gasteiger partial charge in [-0.1, -0.05) is 25.5 Å². The van der Waals surface area contributed by atoms with E-state index in [4.69, 9.17) is 10.00 Å². The summed E-state index contributed by atoms with van der Waals surface area (Å²) in [5.41, 5.74) is 1.65. The Morgan fingerprint density at radius 1 is 1.43 bits per heavy atom. The first-order valence-corrected chi connectivity index (χ1v) is 4.92. The molecule has 0 aliphatic heterocycles. The van der Waals surface area contributed by atoms with Crippen LogP contribution in [0.2, 0.25) is 0 Å². The summed E-state index contributed by atoms with van der Waals surface area (Å²) in [5, 5.41) is 8.87. The fourth-order valence-corrected chi connectivity index (χ4v) is 1.25. The number of nitrogens with zero attached hydrogens (tertiary/aromatic N) is 1. The predicted molar refractivity (Wildman–Crippen MR) is 56.3 cm³/mol. The van der Waals surface area contributed by atoms with Crippen LogP contribution in [0.25, 0.3) is 0 Å². The molecule has 14 heavy (non-hydrogen) atoms. The highest BCUT2D eigenvalue weighted by atomic mass is 16.5. The Morgan fingerprint density at radius 3 is 2.86 bits per heavy atom. The molecule has 74 valence electrons. The van der Waals surface area contributed by atoms with Gasteiger partial charge in [-0.3, -0.25) is 0 Å². The van der Waals surface area contributed by atoms with Crippen LogP contribution in [-0.4, -0.2) is 6.61 Å². The lowest BCUT2D eigenvalue weighted by Gasteiger charge is -2.09. The minimum atomic E-state index is 0.626. The topological polar surface area (TPSA) is 33.0 Å². The molecule has 0 heterocycles. The molecule has 0 atom stereocenters. The Bertz CT molecular complexity index is 339. The van der Waals surface area contributed by atoms with Crippen molar-refractivity contribution in [2.45, 2.75) is 26.7 Å². The van der Waals surface area contributed by atoms with Crippen LogP contribution in [-0.2, 0) is 0 Å². The minimum Gasteiger partial charge on any atom is -0.492 e. The van der Waals surface area contributed by atoms with Crippen LogP contribution in [0.4, 0.5) is 0 Å². The fraction of sp³-hybridized carbons (Fsp3) is 0.417. The molecule has 0 spiro atoms. The third-order valence-electron chi connectivity index (χ3n) is 2.08. The Balaban J connectivity index is 2.78. The second-order valence-electron chi connectivity index (χ2n) is 3.27. The third kappa shape index (κ3) is 2.50. The van der Waals surface area contributed by atoms with Gasteiger partial charge in [-0.15, -0.1) is 0 Å². The van der Waals surface area contributed by atoms with E-state index >= 15 is 0 Å². The minimum absolute atomic E-state index is 0.626. The van der Waals surface area contributed by atoms with E-state index in [-0.39, 0.29) is 0 Å². The number of hydrogen-bond donors (Lipinski definition) is 0. The average molecular weight is 189 g/mol. The van der Waals surface area contributed by atoms with E-state index in [2.05, 4.69) is 13.0 Å². The molecule has 2 heteroatoms. The van der Waals surface area contributed by atoms with Crippen molar-refractivity contribution in [3.05, 3.63) is 29.3 Å². The van der Waals surface area contributed by atoms with Crippen LogP contribution in [0.15, 0.2) is 18.2 Å². The fourth-order valence-electron chi connectivity index (χ4n) is 1.25. The molecule has 2 nitrogen and oxygen atoms in total. The first-order valence-electron chi connectivity index (χ1n) is 4.92. The lowest BCUT2D eigenvalue weighted by atomic mass is 10.1. The molecular formula is C12H15NO. The van der Waals surface area contributed by atoms with E-state index in [0.717, 1.165) is 24.2 Å². The lowest BCUT2D eigenvalue weighted by molar-refractivity contribution is 0.306. The molecule has 0 unspecified atom stereocenters. The van der Waals surface area contributed by atoms with Crippen LogP contribution in [0, 0.1) is 18.3 Å². The standard InChI is InChI=1S/C12H15NO/c1-3-4-8-14-12-10(2)6-5-7-11(12)9-13/h5-7H,3-4,8H2,1-2H3. The van der Waals surface area contributed by atoms with Crippen molar-refractivity contribution in [1.82, 2.24) is 0 Å². The number of hydrogen-bond acceptors (Lipinski definition) is 2. The van der Waals surface area contributed by atoms with E-state index < -0.39 is 0 Å². The maximum Gasteiger partial charge on any atom is 0.139 e. The van der Waals surface area contributed by atoms with Gasteiger partial charge in [0, 0.05) is 0 Å².